The van der Waals surface area contributed by atoms with E-state index in [-0.39, 0.29) is 25.0 Å². The highest BCUT2D eigenvalue weighted by atomic mass is 16.7. The van der Waals surface area contributed by atoms with Gasteiger partial charge in [-0.15, -0.1) is 0 Å². The Morgan fingerprint density at radius 2 is 2.03 bits per heavy atom. The second kappa shape index (κ2) is 11.3. The summed E-state index contributed by atoms with van der Waals surface area (Å²) in [5.74, 6) is 0.162. The number of aromatic nitrogens is 3. The number of carbonyl (C=O) groups excluding carboxylic acids is 1. The van der Waals surface area contributed by atoms with E-state index in [4.69, 9.17) is 25.2 Å². The Kier molecular flexibility index (Phi) is 9.51. The summed E-state index contributed by atoms with van der Waals surface area (Å²) in [7, 11) is 0. The highest BCUT2D eigenvalue weighted by Crippen LogP contribution is 2.33. The molecule has 0 aliphatic carbocycles. The molecule has 0 saturated carbocycles. The number of hydrogen-bond donors (Lipinski definition) is 1. The third-order valence-corrected chi connectivity index (χ3v) is 4.14. The van der Waals surface area contributed by atoms with Crippen LogP contribution in [-0.4, -0.2) is 40.1 Å². The summed E-state index contributed by atoms with van der Waals surface area (Å²) in [4.78, 5) is 15.6. The van der Waals surface area contributed by atoms with Crippen molar-refractivity contribution >= 4 is 17.3 Å². The lowest BCUT2D eigenvalue weighted by atomic mass is 9.98. The van der Waals surface area contributed by atoms with Gasteiger partial charge in [0.2, 0.25) is 0 Å². The van der Waals surface area contributed by atoms with Crippen molar-refractivity contribution in [1.29, 1.82) is 5.26 Å². The molecular formula is C20H31N5O4. The molecule has 0 bridgehead atoms. The van der Waals surface area contributed by atoms with E-state index in [1.54, 1.807) is 25.3 Å². The Bertz CT molecular complexity index is 797. The quantitative estimate of drug-likeness (QED) is 0.456. The van der Waals surface area contributed by atoms with Crippen LogP contribution < -0.4 is 5.73 Å². The average molecular weight is 405 g/mol. The molecule has 9 heteroatoms. The van der Waals surface area contributed by atoms with Gasteiger partial charge in [-0.25, -0.2) is 14.8 Å². The molecule has 0 spiro atoms. The SMILES string of the molecule is C#N.CC.CC(C)(C)C(=O)OCOCC1CCC(c2ccc3c(N)ncnn23)O1. The average Bonchev–Trinajstić information content (AvgIpc) is 3.35. The number of ether oxygens (including phenoxy) is 3. The van der Waals surface area contributed by atoms with Gasteiger partial charge in [-0.1, -0.05) is 13.8 Å². The van der Waals surface area contributed by atoms with Gasteiger partial charge in [0.15, 0.2) is 12.6 Å². The molecular weight excluding hydrogens is 374 g/mol. The Morgan fingerprint density at radius 1 is 1.34 bits per heavy atom. The van der Waals surface area contributed by atoms with Crippen LogP contribution in [0, 0.1) is 17.2 Å². The predicted molar refractivity (Wildman–Crippen MR) is 109 cm³/mol. The van der Waals surface area contributed by atoms with E-state index >= 15 is 0 Å². The van der Waals surface area contributed by atoms with Gasteiger partial charge >= 0.3 is 5.97 Å². The summed E-state index contributed by atoms with van der Waals surface area (Å²) >= 11 is 0. The molecule has 1 aliphatic rings. The molecule has 1 aliphatic heterocycles. The first-order valence-corrected chi connectivity index (χ1v) is 9.60. The highest BCUT2D eigenvalue weighted by Gasteiger charge is 2.29. The molecule has 160 valence electrons. The van der Waals surface area contributed by atoms with Crippen LogP contribution in [0.1, 0.15) is 59.3 Å². The van der Waals surface area contributed by atoms with E-state index in [2.05, 4.69) is 16.7 Å². The topological polar surface area (TPSA) is 125 Å². The van der Waals surface area contributed by atoms with Crippen molar-refractivity contribution < 1.29 is 19.0 Å². The molecule has 2 unspecified atom stereocenters. The van der Waals surface area contributed by atoms with E-state index in [0.717, 1.165) is 24.1 Å². The van der Waals surface area contributed by atoms with Gasteiger partial charge in [-0.3, -0.25) is 4.79 Å². The summed E-state index contributed by atoms with van der Waals surface area (Å²) in [6.07, 6.45) is 3.06. The fraction of sp³-hybridized carbons (Fsp3) is 0.600. The zero-order valence-electron chi connectivity index (χ0n) is 17.8. The molecule has 3 rings (SSSR count). The minimum absolute atomic E-state index is 0.0388. The van der Waals surface area contributed by atoms with E-state index in [0.29, 0.717) is 12.4 Å². The molecule has 2 N–H and O–H groups in total. The summed E-state index contributed by atoms with van der Waals surface area (Å²) in [6, 6.07) is 3.85. The Balaban J connectivity index is 0.000000989. The van der Waals surface area contributed by atoms with E-state index in [1.807, 2.05) is 26.0 Å². The molecule has 0 amide bonds. The number of nitrogen functional groups attached to an aromatic ring is 1. The summed E-state index contributed by atoms with van der Waals surface area (Å²) in [5.41, 5.74) is 7.05. The van der Waals surface area contributed by atoms with Crippen LogP contribution in [0.3, 0.4) is 0 Å². The van der Waals surface area contributed by atoms with Crippen LogP contribution in [0.4, 0.5) is 5.82 Å². The van der Waals surface area contributed by atoms with Gasteiger partial charge < -0.3 is 19.9 Å². The fourth-order valence-electron chi connectivity index (χ4n) is 2.75. The van der Waals surface area contributed by atoms with E-state index in [9.17, 15) is 4.79 Å². The molecule has 9 nitrogen and oxygen atoms in total. The standard InChI is InChI=1S/C17H24N4O4.C2H6.CHN/c1-17(2,3)16(22)24-10-23-8-11-4-7-14(25-11)12-5-6-13-15(18)19-9-20-21(12)13;2*1-2/h5-6,9,11,14H,4,7-8,10H2,1-3H3,(H2,18,19,20);1-2H3;1H. The largest absolute Gasteiger partial charge is 0.438 e. The number of carbonyl (C=O) groups is 1. The third-order valence-electron chi connectivity index (χ3n) is 4.14. The van der Waals surface area contributed by atoms with Crippen molar-refractivity contribution in [3.05, 3.63) is 24.2 Å². The molecule has 2 aromatic rings. The first kappa shape index (κ1) is 24.3. The normalized spacial score (nSPS) is 18.3. The number of nitrogens with zero attached hydrogens (tertiary/aromatic N) is 4. The van der Waals surface area contributed by atoms with E-state index < -0.39 is 5.41 Å². The van der Waals surface area contributed by atoms with Crippen LogP contribution in [0.2, 0.25) is 0 Å². The van der Waals surface area contributed by atoms with Crippen molar-refractivity contribution in [2.75, 3.05) is 19.1 Å². The van der Waals surface area contributed by atoms with Crippen molar-refractivity contribution in [2.45, 2.75) is 59.7 Å². The minimum Gasteiger partial charge on any atom is -0.438 e. The van der Waals surface area contributed by atoms with Gasteiger partial charge in [0.25, 0.3) is 0 Å². The Morgan fingerprint density at radius 3 is 2.69 bits per heavy atom. The van der Waals surface area contributed by atoms with Crippen LogP contribution >= 0.6 is 0 Å². The minimum atomic E-state index is -0.530. The van der Waals surface area contributed by atoms with Crippen LogP contribution in [0.15, 0.2) is 18.5 Å². The van der Waals surface area contributed by atoms with Gasteiger partial charge in [0.05, 0.1) is 23.8 Å². The van der Waals surface area contributed by atoms with Crippen LogP contribution in [0.25, 0.3) is 5.52 Å². The molecule has 29 heavy (non-hydrogen) atoms. The van der Waals surface area contributed by atoms with Crippen LogP contribution in [-0.2, 0) is 19.0 Å². The maximum absolute atomic E-state index is 11.7. The number of esters is 1. The van der Waals surface area contributed by atoms with E-state index in [1.165, 1.54) is 6.33 Å². The van der Waals surface area contributed by atoms with Crippen molar-refractivity contribution in [1.82, 2.24) is 14.6 Å². The molecule has 1 fully saturated rings. The second-order valence-electron chi connectivity index (χ2n) is 7.20. The monoisotopic (exact) mass is 405 g/mol. The van der Waals surface area contributed by atoms with Crippen molar-refractivity contribution in [3.63, 3.8) is 0 Å². The molecule has 1 saturated heterocycles. The summed E-state index contributed by atoms with van der Waals surface area (Å²) in [6.45, 7) is 13.2. The zero-order chi connectivity index (χ0) is 22.0. The number of nitrogens with two attached hydrogens (primary N) is 1. The number of nitriles is 1. The lowest BCUT2D eigenvalue weighted by molar-refractivity contribution is -0.168. The Labute approximate surface area is 171 Å². The third kappa shape index (κ3) is 6.41. The molecule has 2 atom stereocenters. The van der Waals surface area contributed by atoms with Gasteiger partial charge in [-0.05, 0) is 45.7 Å². The Hall–Kier alpha value is -2.70. The fourth-order valence-corrected chi connectivity index (χ4v) is 2.75. The summed E-state index contributed by atoms with van der Waals surface area (Å²) < 4.78 is 18.3. The lowest BCUT2D eigenvalue weighted by Crippen LogP contribution is -2.25. The molecule has 2 aromatic heterocycles. The first-order valence-electron chi connectivity index (χ1n) is 9.60. The summed E-state index contributed by atoms with van der Waals surface area (Å²) in [5, 5.41) is 10.7. The maximum atomic E-state index is 11.7. The molecule has 3 heterocycles. The number of hydrogen-bond acceptors (Lipinski definition) is 8. The van der Waals surface area contributed by atoms with Crippen molar-refractivity contribution in [2.24, 2.45) is 5.41 Å². The van der Waals surface area contributed by atoms with Gasteiger partial charge in [-0.2, -0.15) is 5.10 Å². The van der Waals surface area contributed by atoms with Gasteiger partial charge in [0.1, 0.15) is 17.9 Å². The number of rotatable bonds is 5. The molecule has 0 aromatic carbocycles. The lowest BCUT2D eigenvalue weighted by Gasteiger charge is -2.17. The van der Waals surface area contributed by atoms with Crippen molar-refractivity contribution in [3.8, 4) is 6.57 Å². The molecule has 0 radical (unpaired) electrons. The smallest absolute Gasteiger partial charge is 0.313 e. The maximum Gasteiger partial charge on any atom is 0.313 e. The second-order valence-corrected chi connectivity index (χ2v) is 7.20. The predicted octanol–water partition coefficient (Wildman–Crippen LogP) is 3.26. The zero-order valence-corrected chi connectivity index (χ0v) is 17.8. The highest BCUT2D eigenvalue weighted by molar-refractivity contribution is 5.75. The number of anilines is 1. The first-order chi connectivity index (χ1) is 13.9. The van der Waals surface area contributed by atoms with Crippen LogP contribution in [0.5, 0.6) is 0 Å². The van der Waals surface area contributed by atoms with Gasteiger partial charge in [0, 0.05) is 6.57 Å². The number of fused-ring (bicyclic) bond motifs is 1.